The van der Waals surface area contributed by atoms with Crippen LogP contribution in [0.4, 0.5) is 19.6 Å². The number of halogens is 2. The van der Waals surface area contributed by atoms with E-state index in [0.29, 0.717) is 42.4 Å². The Morgan fingerprint density at radius 3 is 2.38 bits per heavy atom. The van der Waals surface area contributed by atoms with E-state index < -0.39 is 59.2 Å². The number of aromatic hydroxyl groups is 1. The van der Waals surface area contributed by atoms with Crippen molar-refractivity contribution in [2.24, 2.45) is 0 Å². The van der Waals surface area contributed by atoms with Crippen molar-refractivity contribution in [2.45, 2.75) is 38.0 Å². The molecule has 2 unspecified atom stereocenters. The maximum Gasteiger partial charge on any atom is 0.265 e. The van der Waals surface area contributed by atoms with Gasteiger partial charge in [-0.25, -0.2) is 13.8 Å². The molecule has 4 aliphatic rings. The second-order valence-corrected chi connectivity index (χ2v) is 15.9. The first kappa shape index (κ1) is 38.7. The largest absolute Gasteiger partial charge is 0.508 e. The van der Waals surface area contributed by atoms with E-state index in [2.05, 4.69) is 25.4 Å². The predicted octanol–water partition coefficient (Wildman–Crippen LogP) is 4.85. The fraction of sp³-hybridized carbons (Fsp3) is 0.233. The maximum atomic E-state index is 15.9. The number of piperazine rings is 1. The summed E-state index contributed by atoms with van der Waals surface area (Å²) in [7, 11) is 0. The van der Waals surface area contributed by atoms with Gasteiger partial charge in [-0.05, 0) is 65.6 Å². The van der Waals surface area contributed by atoms with E-state index in [0.717, 1.165) is 39.9 Å². The van der Waals surface area contributed by atoms with Crippen LogP contribution >= 0.6 is 11.3 Å². The molecule has 2 fully saturated rings. The number of benzene rings is 4. The summed E-state index contributed by atoms with van der Waals surface area (Å²) in [4.78, 5) is 88.4. The Bertz CT molecular complexity index is 2610. The number of aromatic nitrogens is 1. The first-order chi connectivity index (χ1) is 28.9. The molecule has 0 saturated carbocycles. The minimum Gasteiger partial charge on any atom is -0.508 e. The van der Waals surface area contributed by atoms with Gasteiger partial charge in [-0.15, -0.1) is 11.3 Å². The van der Waals surface area contributed by atoms with Crippen molar-refractivity contribution in [1.29, 1.82) is 0 Å². The summed E-state index contributed by atoms with van der Waals surface area (Å²) in [6.45, 7) is 2.72. The van der Waals surface area contributed by atoms with Crippen LogP contribution < -0.4 is 15.5 Å². The average Bonchev–Trinajstić information content (AvgIpc) is 3.94. The molecule has 2 atom stereocenters. The molecule has 0 aliphatic carbocycles. The zero-order valence-electron chi connectivity index (χ0n) is 31.7. The van der Waals surface area contributed by atoms with Crippen LogP contribution in [0.2, 0.25) is 0 Å². The zero-order valence-corrected chi connectivity index (χ0v) is 32.5. The molecule has 60 heavy (non-hydrogen) atoms. The first-order valence-electron chi connectivity index (χ1n) is 19.2. The van der Waals surface area contributed by atoms with Gasteiger partial charge in [-0.3, -0.25) is 49.2 Å². The van der Waals surface area contributed by atoms with E-state index in [-0.39, 0.29) is 53.9 Å². The van der Waals surface area contributed by atoms with Gasteiger partial charge in [-0.1, -0.05) is 30.3 Å². The second kappa shape index (κ2) is 15.4. The number of hydrogen-bond acceptors (Lipinski definition) is 11. The lowest BCUT2D eigenvalue weighted by Gasteiger charge is -2.36. The third-order valence-corrected chi connectivity index (χ3v) is 12.1. The SMILES string of the molecule is O=C1CCC(N2C(=O)c3ccc(CN4CCN(c5ccc(-c6ccc7c(c6)C(=O)N(C(C(=O)Nc6nccs6)c6cc(F)ccc6O)C7)cc5)CC4)c(F)c3C2=O)C(=O)N1. The van der Waals surface area contributed by atoms with Gasteiger partial charge in [0.1, 0.15) is 29.5 Å². The van der Waals surface area contributed by atoms with Gasteiger partial charge in [0.2, 0.25) is 11.8 Å². The molecule has 5 aromatic rings. The fourth-order valence-electron chi connectivity index (χ4n) is 8.32. The van der Waals surface area contributed by atoms with Crippen molar-refractivity contribution in [3.05, 3.63) is 129 Å². The normalized spacial score (nSPS) is 18.5. The Hall–Kier alpha value is -6.85. The number of hydrogen-bond donors (Lipinski definition) is 3. The number of piperidine rings is 1. The standard InChI is InChI=1S/C43H35F2N7O7S/c44-27-6-11-33(53)31(20-27)37(39(56)48-43-46-13-18-60-43)51-22-25-2-1-24(19-30(25)40(51)57)23-3-7-28(8-4-23)50-16-14-49(15-17-50)21-26-5-9-29-35(36(26)45)42(59)52(41(29)58)32-10-12-34(54)47-38(32)55/h1-9,11,13,18-20,32,37,53H,10,12,14-17,21-22H2,(H,46,48,56)(H,47,54,55). The maximum absolute atomic E-state index is 15.9. The minimum absolute atomic E-state index is 0.0163. The van der Waals surface area contributed by atoms with Crippen molar-refractivity contribution in [2.75, 3.05) is 36.4 Å². The summed E-state index contributed by atoms with van der Waals surface area (Å²) in [6, 6.07) is 17.0. The number of rotatable bonds is 9. The molecule has 4 aliphatic heterocycles. The third kappa shape index (κ3) is 6.94. The molecule has 5 heterocycles. The van der Waals surface area contributed by atoms with E-state index in [1.807, 2.05) is 36.4 Å². The van der Waals surface area contributed by atoms with Crippen molar-refractivity contribution < 1.29 is 42.7 Å². The monoisotopic (exact) mass is 831 g/mol. The Kier molecular flexibility index (Phi) is 9.92. The molecule has 1 aromatic heterocycles. The number of phenols is 1. The number of nitrogens with zero attached hydrogens (tertiary/aromatic N) is 5. The van der Waals surface area contributed by atoms with Crippen LogP contribution in [0.1, 0.15) is 66.6 Å². The Balaban J connectivity index is 0.851. The van der Waals surface area contributed by atoms with Crippen LogP contribution in [-0.2, 0) is 27.5 Å². The van der Waals surface area contributed by atoms with Gasteiger partial charge in [0.05, 0.1) is 11.1 Å². The van der Waals surface area contributed by atoms with Crippen LogP contribution in [0.15, 0.2) is 84.4 Å². The quantitative estimate of drug-likeness (QED) is 0.175. The van der Waals surface area contributed by atoms with Gasteiger partial charge < -0.3 is 14.9 Å². The number of carbonyl (C=O) groups is 6. The van der Waals surface area contributed by atoms with Crippen molar-refractivity contribution in [3.63, 3.8) is 0 Å². The number of thiazole rings is 1. The molecule has 304 valence electrons. The summed E-state index contributed by atoms with van der Waals surface area (Å²) in [5, 5.41) is 17.5. The number of phenolic OH excluding ortho intramolecular Hbond substituents is 1. The Labute approximate surface area is 345 Å². The van der Waals surface area contributed by atoms with Crippen molar-refractivity contribution in [1.82, 2.24) is 25.0 Å². The number of amides is 6. The average molecular weight is 832 g/mol. The van der Waals surface area contributed by atoms with Gasteiger partial charge in [-0.2, -0.15) is 0 Å². The van der Waals surface area contributed by atoms with Crippen LogP contribution in [0.3, 0.4) is 0 Å². The summed E-state index contributed by atoms with van der Waals surface area (Å²) >= 11 is 1.18. The summed E-state index contributed by atoms with van der Waals surface area (Å²) in [5.74, 6) is -5.76. The highest BCUT2D eigenvalue weighted by molar-refractivity contribution is 7.13. The fourth-order valence-corrected chi connectivity index (χ4v) is 8.85. The lowest BCUT2D eigenvalue weighted by atomic mass is 10.00. The van der Waals surface area contributed by atoms with Crippen LogP contribution in [0.25, 0.3) is 11.1 Å². The molecule has 14 nitrogen and oxygen atoms in total. The van der Waals surface area contributed by atoms with Gasteiger partial charge in [0.25, 0.3) is 23.6 Å². The van der Waals surface area contributed by atoms with Gasteiger partial charge in [0.15, 0.2) is 5.13 Å². The number of anilines is 2. The Morgan fingerprint density at radius 2 is 1.65 bits per heavy atom. The zero-order chi connectivity index (χ0) is 41.8. The summed E-state index contributed by atoms with van der Waals surface area (Å²) in [6.07, 6.45) is 1.47. The highest BCUT2D eigenvalue weighted by atomic mass is 32.1. The first-order valence-corrected chi connectivity index (χ1v) is 20.1. The van der Waals surface area contributed by atoms with E-state index >= 15 is 4.39 Å². The molecule has 2 saturated heterocycles. The molecule has 0 radical (unpaired) electrons. The van der Waals surface area contributed by atoms with Crippen LogP contribution in [0.5, 0.6) is 5.75 Å². The van der Waals surface area contributed by atoms with Crippen molar-refractivity contribution >= 4 is 57.6 Å². The number of nitrogens with one attached hydrogen (secondary N) is 2. The van der Waals surface area contributed by atoms with E-state index in [4.69, 9.17) is 0 Å². The van der Waals surface area contributed by atoms with Gasteiger partial charge in [0, 0.05) is 79.6 Å². The van der Waals surface area contributed by atoms with E-state index in [1.54, 1.807) is 11.4 Å². The molecule has 0 bridgehead atoms. The van der Waals surface area contributed by atoms with Gasteiger partial charge >= 0.3 is 0 Å². The van der Waals surface area contributed by atoms with E-state index in [1.165, 1.54) is 34.6 Å². The summed E-state index contributed by atoms with van der Waals surface area (Å²) < 4.78 is 30.3. The number of fused-ring (bicyclic) bond motifs is 2. The molecular weight excluding hydrogens is 797 g/mol. The third-order valence-electron chi connectivity index (χ3n) is 11.4. The lowest BCUT2D eigenvalue weighted by Crippen LogP contribution is -2.54. The molecule has 17 heteroatoms. The highest BCUT2D eigenvalue weighted by Gasteiger charge is 2.46. The van der Waals surface area contributed by atoms with Crippen LogP contribution in [-0.4, -0.2) is 92.5 Å². The molecule has 6 amide bonds. The molecule has 9 rings (SSSR count). The topological polar surface area (TPSA) is 173 Å². The molecule has 3 N–H and O–H groups in total. The molecule has 4 aromatic carbocycles. The molecule has 0 spiro atoms. The lowest BCUT2D eigenvalue weighted by molar-refractivity contribution is -0.136. The number of imide groups is 2. The van der Waals surface area contributed by atoms with Crippen molar-refractivity contribution in [3.8, 4) is 16.9 Å². The predicted molar refractivity (Wildman–Crippen MR) is 214 cm³/mol. The number of carbonyl (C=O) groups excluding carboxylic acids is 6. The molecular formula is C43H35F2N7O7S. The Morgan fingerprint density at radius 1 is 0.883 bits per heavy atom. The van der Waals surface area contributed by atoms with E-state index in [9.17, 15) is 38.3 Å². The highest BCUT2D eigenvalue weighted by Crippen LogP contribution is 2.38. The minimum atomic E-state index is -1.34. The second-order valence-electron chi connectivity index (χ2n) is 15.0. The van der Waals surface area contributed by atoms with Crippen LogP contribution in [0, 0.1) is 11.6 Å². The smallest absolute Gasteiger partial charge is 0.265 e. The summed E-state index contributed by atoms with van der Waals surface area (Å²) in [5.41, 5.74) is 3.41.